The summed E-state index contributed by atoms with van der Waals surface area (Å²) in [6.45, 7) is 13.8. The number of hydrogen-bond acceptors (Lipinski definition) is 5. The van der Waals surface area contributed by atoms with Crippen LogP contribution in [0, 0.1) is 22.7 Å². The number of rotatable bonds is 5. The van der Waals surface area contributed by atoms with Gasteiger partial charge in [-0.3, -0.25) is 4.79 Å². The molecule has 0 amide bonds. The molecule has 0 saturated heterocycles. The molecule has 5 heteroatoms. The maximum atomic E-state index is 11.7. The summed E-state index contributed by atoms with van der Waals surface area (Å²) in [5.74, 6) is 0.450. The molecule has 0 radical (unpaired) electrons. The Morgan fingerprint density at radius 3 is 2.78 bits per heavy atom. The lowest BCUT2D eigenvalue weighted by Crippen LogP contribution is -2.50. The molecule has 2 saturated carbocycles. The van der Waals surface area contributed by atoms with Gasteiger partial charge in [0.1, 0.15) is 0 Å². The highest BCUT2D eigenvalue weighted by molar-refractivity contribution is 5.86. The number of cyclic esters (lactones) is 1. The minimum Gasteiger partial charge on any atom is -0.421 e. The molecular formula is C27H38O5. The van der Waals surface area contributed by atoms with E-state index in [-0.39, 0.29) is 11.5 Å². The Hall–Kier alpha value is -1.88. The van der Waals surface area contributed by atoms with Crippen molar-refractivity contribution in [1.29, 1.82) is 0 Å². The minimum absolute atomic E-state index is 0.287. The van der Waals surface area contributed by atoms with Gasteiger partial charge in [0.2, 0.25) is 0 Å². The molecule has 6 atom stereocenters. The van der Waals surface area contributed by atoms with Crippen LogP contribution >= 0.6 is 0 Å². The summed E-state index contributed by atoms with van der Waals surface area (Å²) in [7, 11) is 0. The maximum Gasteiger partial charge on any atom is 0.334 e. The quantitative estimate of drug-likeness (QED) is 0.406. The fourth-order valence-corrected chi connectivity index (χ4v) is 6.73. The number of allylic oxidation sites excluding steroid dienone is 1. The fraction of sp³-hybridized carbons (Fsp3) is 0.704. The fourth-order valence-electron chi connectivity index (χ4n) is 6.73. The molecule has 2 aliphatic heterocycles. The SMILES string of the molecule is C=C1CCC[C@@H]2[C@@](C)(CCC3=CC[C@H](C4=CC(=O)O[C@H]4OC(C)=O)OC3)[C@@H](C)CC[C@@]12C. The van der Waals surface area contributed by atoms with Crippen LogP contribution in [0.2, 0.25) is 0 Å². The summed E-state index contributed by atoms with van der Waals surface area (Å²) >= 11 is 0. The monoisotopic (exact) mass is 442 g/mol. The van der Waals surface area contributed by atoms with Gasteiger partial charge in [-0.05, 0) is 79.6 Å². The van der Waals surface area contributed by atoms with Crippen molar-refractivity contribution in [3.63, 3.8) is 0 Å². The summed E-state index contributed by atoms with van der Waals surface area (Å²) in [5, 5.41) is 0. The van der Waals surface area contributed by atoms with E-state index in [1.165, 1.54) is 62.7 Å². The third-order valence-corrected chi connectivity index (χ3v) is 9.07. The molecule has 0 N–H and O–H groups in total. The molecule has 5 nitrogen and oxygen atoms in total. The molecule has 2 heterocycles. The Labute approximate surface area is 192 Å². The number of carbonyl (C=O) groups excluding carboxylic acids is 2. The van der Waals surface area contributed by atoms with Crippen LogP contribution in [0.15, 0.2) is 35.5 Å². The third kappa shape index (κ3) is 4.21. The van der Waals surface area contributed by atoms with E-state index in [2.05, 4.69) is 33.4 Å². The number of carbonyl (C=O) groups is 2. The Bertz CT molecular complexity index is 854. The van der Waals surface area contributed by atoms with Gasteiger partial charge >= 0.3 is 11.9 Å². The summed E-state index contributed by atoms with van der Waals surface area (Å²) in [6.07, 6.45) is 11.6. The average molecular weight is 443 g/mol. The van der Waals surface area contributed by atoms with Crippen molar-refractivity contribution in [1.82, 2.24) is 0 Å². The van der Waals surface area contributed by atoms with Gasteiger partial charge in [-0.25, -0.2) is 4.79 Å². The Morgan fingerprint density at radius 2 is 2.09 bits per heavy atom. The number of esters is 2. The first-order valence-electron chi connectivity index (χ1n) is 12.2. The first-order chi connectivity index (χ1) is 15.1. The largest absolute Gasteiger partial charge is 0.421 e. The zero-order valence-electron chi connectivity index (χ0n) is 20.1. The highest BCUT2D eigenvalue weighted by Gasteiger charge is 2.53. The lowest BCUT2D eigenvalue weighted by atomic mass is 9.46. The van der Waals surface area contributed by atoms with Gasteiger partial charge in [-0.15, -0.1) is 0 Å². The molecule has 0 bridgehead atoms. The first-order valence-corrected chi connectivity index (χ1v) is 12.2. The molecule has 2 fully saturated rings. The summed E-state index contributed by atoms with van der Waals surface area (Å²) in [4.78, 5) is 23.0. The predicted octanol–water partition coefficient (Wildman–Crippen LogP) is 5.65. The molecule has 176 valence electrons. The van der Waals surface area contributed by atoms with Gasteiger partial charge < -0.3 is 14.2 Å². The number of ether oxygens (including phenoxy) is 3. The van der Waals surface area contributed by atoms with E-state index in [1.54, 1.807) is 0 Å². The molecule has 0 unspecified atom stereocenters. The minimum atomic E-state index is -0.959. The van der Waals surface area contributed by atoms with Crippen molar-refractivity contribution < 1.29 is 23.8 Å². The van der Waals surface area contributed by atoms with Crippen molar-refractivity contribution in [3.8, 4) is 0 Å². The van der Waals surface area contributed by atoms with Crippen molar-refractivity contribution in [2.45, 2.75) is 91.5 Å². The van der Waals surface area contributed by atoms with Gasteiger partial charge in [0, 0.05) is 18.6 Å². The van der Waals surface area contributed by atoms with Crippen molar-refractivity contribution >= 4 is 11.9 Å². The molecule has 4 aliphatic rings. The zero-order chi connectivity index (χ0) is 23.1. The smallest absolute Gasteiger partial charge is 0.334 e. The predicted molar refractivity (Wildman–Crippen MR) is 122 cm³/mol. The van der Waals surface area contributed by atoms with E-state index in [4.69, 9.17) is 14.2 Å². The highest BCUT2D eigenvalue weighted by atomic mass is 16.7. The van der Waals surface area contributed by atoms with E-state index in [0.717, 1.165) is 6.42 Å². The lowest BCUT2D eigenvalue weighted by molar-refractivity contribution is -0.173. The van der Waals surface area contributed by atoms with Gasteiger partial charge in [0.05, 0.1) is 12.7 Å². The van der Waals surface area contributed by atoms with Crippen LogP contribution < -0.4 is 0 Å². The average Bonchev–Trinajstić information content (AvgIpc) is 3.11. The second-order valence-electron chi connectivity index (χ2n) is 10.8. The van der Waals surface area contributed by atoms with E-state index in [1.807, 2.05) is 0 Å². The molecule has 2 aliphatic carbocycles. The second-order valence-corrected chi connectivity index (χ2v) is 10.8. The normalized spacial score (nSPS) is 39.6. The van der Waals surface area contributed by atoms with E-state index in [0.29, 0.717) is 35.9 Å². The molecule has 0 aromatic rings. The van der Waals surface area contributed by atoms with Crippen LogP contribution in [-0.4, -0.2) is 30.9 Å². The van der Waals surface area contributed by atoms with Crippen molar-refractivity contribution in [2.75, 3.05) is 6.61 Å². The Kier molecular flexibility index (Phi) is 6.41. The molecular weight excluding hydrogens is 404 g/mol. The van der Waals surface area contributed by atoms with Gasteiger partial charge in [-0.2, -0.15) is 0 Å². The molecule has 0 spiro atoms. The Morgan fingerprint density at radius 1 is 1.31 bits per heavy atom. The number of fused-ring (bicyclic) bond motifs is 1. The van der Waals surface area contributed by atoms with Crippen molar-refractivity contribution in [3.05, 3.63) is 35.5 Å². The number of hydrogen-bond donors (Lipinski definition) is 0. The van der Waals surface area contributed by atoms with Gasteiger partial charge in [0.25, 0.3) is 6.29 Å². The van der Waals surface area contributed by atoms with Crippen LogP contribution in [-0.2, 0) is 23.8 Å². The van der Waals surface area contributed by atoms with E-state index in [9.17, 15) is 9.59 Å². The van der Waals surface area contributed by atoms with Crippen LogP contribution in [0.5, 0.6) is 0 Å². The summed E-state index contributed by atoms with van der Waals surface area (Å²) in [6, 6.07) is 0. The van der Waals surface area contributed by atoms with E-state index < -0.39 is 18.2 Å². The topological polar surface area (TPSA) is 61.8 Å². The lowest BCUT2D eigenvalue weighted by Gasteiger charge is -2.59. The maximum absolute atomic E-state index is 11.7. The Balaban J connectivity index is 1.41. The van der Waals surface area contributed by atoms with E-state index >= 15 is 0 Å². The first kappa shape index (κ1) is 23.3. The van der Waals surface area contributed by atoms with Crippen LogP contribution in [0.1, 0.15) is 79.1 Å². The summed E-state index contributed by atoms with van der Waals surface area (Å²) in [5.41, 5.74) is 3.99. The molecule has 32 heavy (non-hydrogen) atoms. The highest BCUT2D eigenvalue weighted by Crippen LogP contribution is 2.62. The standard InChI is InChI=1S/C27H38O5/c1-17-7-6-8-23-26(17,4)13-11-18(2)27(23,5)14-12-20-9-10-22(30-16-20)21-15-24(29)32-25(21)31-19(3)28/h9,15,18,22-23,25H,1,6-8,10-14,16H2,2-5H3/t18-,22+,23-,25+,26-,27-/m0/s1. The molecule has 0 aromatic carbocycles. The molecule has 4 rings (SSSR count). The third-order valence-electron chi connectivity index (χ3n) is 9.07. The molecule has 0 aromatic heterocycles. The zero-order valence-corrected chi connectivity index (χ0v) is 20.1. The second kappa shape index (κ2) is 8.81. The van der Waals surface area contributed by atoms with Gasteiger partial charge in [-0.1, -0.05) is 39.0 Å². The van der Waals surface area contributed by atoms with Gasteiger partial charge in [0.15, 0.2) is 0 Å². The summed E-state index contributed by atoms with van der Waals surface area (Å²) < 4.78 is 16.3. The van der Waals surface area contributed by atoms with Crippen LogP contribution in [0.3, 0.4) is 0 Å². The van der Waals surface area contributed by atoms with Crippen LogP contribution in [0.25, 0.3) is 0 Å². The van der Waals surface area contributed by atoms with Crippen LogP contribution in [0.4, 0.5) is 0 Å². The van der Waals surface area contributed by atoms with Crippen molar-refractivity contribution in [2.24, 2.45) is 22.7 Å².